The molecular weight excluding hydrogens is 462 g/mol. The van der Waals surface area contributed by atoms with Crippen LogP contribution in [0.5, 0.6) is 5.75 Å². The maximum atomic E-state index is 12.3. The van der Waals surface area contributed by atoms with E-state index in [9.17, 15) is 14.4 Å². The second kappa shape index (κ2) is 11.2. The molecule has 8 heteroatoms. The molecule has 0 spiro atoms. The number of hydrogen-bond acceptors (Lipinski definition) is 6. The van der Waals surface area contributed by atoms with Crippen LogP contribution in [-0.4, -0.2) is 29.2 Å². The Labute approximate surface area is 206 Å². The monoisotopic (exact) mass is 485 g/mol. The molecule has 0 aliphatic rings. The van der Waals surface area contributed by atoms with E-state index in [0.29, 0.717) is 39.8 Å². The number of carbonyl (C=O) groups is 3. The van der Waals surface area contributed by atoms with Crippen molar-refractivity contribution in [2.24, 2.45) is 0 Å². The number of benzene rings is 3. The molecule has 4 rings (SSSR count). The van der Waals surface area contributed by atoms with E-state index in [1.807, 2.05) is 42.6 Å². The van der Waals surface area contributed by atoms with E-state index in [0.717, 1.165) is 5.56 Å². The third kappa shape index (κ3) is 6.39. The summed E-state index contributed by atoms with van der Waals surface area (Å²) in [5, 5.41) is 7.89. The summed E-state index contributed by atoms with van der Waals surface area (Å²) in [6, 6.07) is 23.0. The topological polar surface area (TPSA) is 97.4 Å². The summed E-state index contributed by atoms with van der Waals surface area (Å²) < 4.78 is 5.50. The van der Waals surface area contributed by atoms with E-state index >= 15 is 0 Å². The number of rotatable bonds is 9. The van der Waals surface area contributed by atoms with Gasteiger partial charge in [-0.1, -0.05) is 37.3 Å². The number of carbonyl (C=O) groups excluding carboxylic acids is 3. The lowest BCUT2D eigenvalue weighted by atomic mass is 10.1. The molecular formula is C27H23N3O4S. The normalized spacial score (nSPS) is 10.4. The fraction of sp³-hybridized carbons (Fsp3) is 0.111. The van der Waals surface area contributed by atoms with Crippen LogP contribution >= 0.6 is 11.3 Å². The molecule has 35 heavy (non-hydrogen) atoms. The highest BCUT2D eigenvalue weighted by molar-refractivity contribution is 7.14. The molecule has 7 nitrogen and oxygen atoms in total. The molecule has 3 aromatic carbocycles. The standard InChI is InChI=1S/C27H23N3O4S/c1-2-24(31)19-10-14-22(15-11-19)34-16-25(32)30-27-29-23(17-35-27)18-8-12-21(13-9-18)28-26(33)20-6-4-3-5-7-20/h3-15,17H,2,16H2,1H3,(H,28,33)(H,29,30,32). The quantitative estimate of drug-likeness (QED) is 0.298. The SMILES string of the molecule is CCC(=O)c1ccc(OCC(=O)Nc2nc(-c3ccc(NC(=O)c4ccccc4)cc3)cs2)cc1. The molecule has 0 saturated carbocycles. The van der Waals surface area contributed by atoms with Crippen LogP contribution in [0.2, 0.25) is 0 Å². The van der Waals surface area contributed by atoms with Crippen molar-refractivity contribution in [3.63, 3.8) is 0 Å². The Morgan fingerprint density at radius 2 is 1.57 bits per heavy atom. The van der Waals surface area contributed by atoms with E-state index in [-0.39, 0.29) is 24.2 Å². The molecule has 1 aromatic heterocycles. The van der Waals surface area contributed by atoms with Crippen LogP contribution in [-0.2, 0) is 4.79 Å². The fourth-order valence-corrected chi connectivity index (χ4v) is 3.96. The first-order valence-corrected chi connectivity index (χ1v) is 11.9. The molecule has 0 saturated heterocycles. The Hall–Kier alpha value is -4.30. The highest BCUT2D eigenvalue weighted by Crippen LogP contribution is 2.26. The number of aromatic nitrogens is 1. The van der Waals surface area contributed by atoms with Gasteiger partial charge >= 0.3 is 0 Å². The Bertz CT molecular complexity index is 1320. The van der Waals surface area contributed by atoms with Crippen LogP contribution in [0.15, 0.2) is 84.2 Å². The summed E-state index contributed by atoms with van der Waals surface area (Å²) in [6.07, 6.45) is 0.438. The summed E-state index contributed by atoms with van der Waals surface area (Å²) in [7, 11) is 0. The molecule has 1 heterocycles. The predicted octanol–water partition coefficient (Wildman–Crippen LogP) is 5.67. The number of ketones is 1. The van der Waals surface area contributed by atoms with Gasteiger partial charge in [-0.15, -0.1) is 11.3 Å². The number of Topliss-reactive ketones (excluding diaryl/α,β-unsaturated/α-hetero) is 1. The van der Waals surface area contributed by atoms with Crippen LogP contribution in [0.1, 0.15) is 34.1 Å². The zero-order valence-electron chi connectivity index (χ0n) is 19.0. The Kier molecular flexibility index (Phi) is 7.64. The van der Waals surface area contributed by atoms with Crippen molar-refractivity contribution in [3.8, 4) is 17.0 Å². The first-order valence-electron chi connectivity index (χ1n) is 11.0. The Balaban J connectivity index is 1.29. The fourth-order valence-electron chi connectivity index (χ4n) is 3.23. The van der Waals surface area contributed by atoms with Crippen molar-refractivity contribution in [3.05, 3.63) is 95.4 Å². The van der Waals surface area contributed by atoms with Gasteiger partial charge in [-0.2, -0.15) is 0 Å². The van der Waals surface area contributed by atoms with E-state index < -0.39 is 0 Å². The number of hydrogen-bond donors (Lipinski definition) is 2. The van der Waals surface area contributed by atoms with Gasteiger partial charge in [-0.05, 0) is 48.5 Å². The van der Waals surface area contributed by atoms with Crippen LogP contribution in [0, 0.1) is 0 Å². The van der Waals surface area contributed by atoms with Crippen LogP contribution in [0.4, 0.5) is 10.8 Å². The van der Waals surface area contributed by atoms with E-state index in [4.69, 9.17) is 4.74 Å². The van der Waals surface area contributed by atoms with Gasteiger partial charge in [-0.25, -0.2) is 4.98 Å². The number of thiazole rings is 1. The van der Waals surface area contributed by atoms with Crippen LogP contribution in [0.25, 0.3) is 11.3 Å². The lowest BCUT2D eigenvalue weighted by Gasteiger charge is -2.07. The first kappa shape index (κ1) is 23.8. The minimum absolute atomic E-state index is 0.0560. The molecule has 176 valence electrons. The maximum Gasteiger partial charge on any atom is 0.264 e. The maximum absolute atomic E-state index is 12.3. The second-order valence-electron chi connectivity index (χ2n) is 7.57. The molecule has 4 aromatic rings. The van der Waals surface area contributed by atoms with E-state index in [1.165, 1.54) is 11.3 Å². The number of nitrogens with one attached hydrogen (secondary N) is 2. The predicted molar refractivity (Wildman–Crippen MR) is 137 cm³/mol. The van der Waals surface area contributed by atoms with Gasteiger partial charge < -0.3 is 10.1 Å². The summed E-state index contributed by atoms with van der Waals surface area (Å²) in [5.41, 5.74) is 3.45. The lowest BCUT2D eigenvalue weighted by molar-refractivity contribution is -0.118. The second-order valence-corrected chi connectivity index (χ2v) is 8.43. The zero-order chi connectivity index (χ0) is 24.6. The molecule has 2 amide bonds. The number of amides is 2. The number of anilines is 2. The Morgan fingerprint density at radius 1 is 0.857 bits per heavy atom. The number of ether oxygens (including phenoxy) is 1. The molecule has 0 aliphatic carbocycles. The highest BCUT2D eigenvalue weighted by Gasteiger charge is 2.11. The van der Waals surface area contributed by atoms with Gasteiger partial charge in [0.05, 0.1) is 5.69 Å². The van der Waals surface area contributed by atoms with Crippen molar-refractivity contribution in [1.29, 1.82) is 0 Å². The first-order chi connectivity index (χ1) is 17.0. The smallest absolute Gasteiger partial charge is 0.264 e. The lowest BCUT2D eigenvalue weighted by Crippen LogP contribution is -2.20. The van der Waals surface area contributed by atoms with Gasteiger partial charge in [0, 0.05) is 34.2 Å². The van der Waals surface area contributed by atoms with Crippen molar-refractivity contribution >= 4 is 39.8 Å². The largest absolute Gasteiger partial charge is 0.484 e. The molecule has 0 radical (unpaired) electrons. The molecule has 2 N–H and O–H groups in total. The van der Waals surface area contributed by atoms with Crippen LogP contribution < -0.4 is 15.4 Å². The molecule has 0 aliphatic heterocycles. The highest BCUT2D eigenvalue weighted by atomic mass is 32.1. The van der Waals surface area contributed by atoms with Gasteiger partial charge in [0.1, 0.15) is 5.75 Å². The molecule has 0 bridgehead atoms. The molecule has 0 fully saturated rings. The van der Waals surface area contributed by atoms with E-state index in [2.05, 4.69) is 15.6 Å². The van der Waals surface area contributed by atoms with Crippen molar-refractivity contribution in [2.75, 3.05) is 17.2 Å². The van der Waals surface area contributed by atoms with Crippen molar-refractivity contribution in [2.45, 2.75) is 13.3 Å². The minimum Gasteiger partial charge on any atom is -0.484 e. The third-order valence-corrected chi connectivity index (χ3v) is 5.85. The number of nitrogens with zero attached hydrogens (tertiary/aromatic N) is 1. The Morgan fingerprint density at radius 3 is 2.26 bits per heavy atom. The molecule has 0 unspecified atom stereocenters. The summed E-state index contributed by atoms with van der Waals surface area (Å²) in [5.74, 6) is 0.0516. The van der Waals surface area contributed by atoms with Crippen molar-refractivity contribution in [1.82, 2.24) is 4.98 Å². The summed E-state index contributed by atoms with van der Waals surface area (Å²) >= 11 is 1.31. The van der Waals surface area contributed by atoms with Gasteiger partial charge in [0.2, 0.25) is 0 Å². The summed E-state index contributed by atoms with van der Waals surface area (Å²) in [4.78, 5) is 40.7. The van der Waals surface area contributed by atoms with Crippen LogP contribution in [0.3, 0.4) is 0 Å². The summed E-state index contributed by atoms with van der Waals surface area (Å²) in [6.45, 7) is 1.63. The van der Waals surface area contributed by atoms with Gasteiger partial charge in [-0.3, -0.25) is 19.7 Å². The average Bonchev–Trinajstić information content (AvgIpc) is 3.36. The van der Waals surface area contributed by atoms with Gasteiger partial charge in [0.15, 0.2) is 17.5 Å². The van der Waals surface area contributed by atoms with E-state index in [1.54, 1.807) is 48.5 Å². The average molecular weight is 486 g/mol. The third-order valence-electron chi connectivity index (χ3n) is 5.09. The molecule has 0 atom stereocenters. The zero-order valence-corrected chi connectivity index (χ0v) is 19.8. The van der Waals surface area contributed by atoms with Crippen molar-refractivity contribution < 1.29 is 19.1 Å². The minimum atomic E-state index is -0.335. The van der Waals surface area contributed by atoms with Gasteiger partial charge in [0.25, 0.3) is 11.8 Å².